The molecular weight excluding hydrogens is 665 g/mol. The monoisotopic (exact) mass is 699 g/mol. The molecule has 4 rings (SSSR count). The van der Waals surface area contributed by atoms with Gasteiger partial charge in [0.05, 0.1) is 20.6 Å². The van der Waals surface area contributed by atoms with E-state index < -0.39 is 28.5 Å². The molecule has 4 aromatic carbocycles. The summed E-state index contributed by atoms with van der Waals surface area (Å²) in [5.41, 5.74) is 2.19. The number of hydrogen-bond acceptors (Lipinski definition) is 4. The molecule has 0 spiro atoms. The molecule has 0 bridgehead atoms. The lowest BCUT2D eigenvalue weighted by Crippen LogP contribution is -2.54. The zero-order valence-electron chi connectivity index (χ0n) is 25.8. The van der Waals surface area contributed by atoms with Gasteiger partial charge in [0.2, 0.25) is 11.8 Å². The van der Waals surface area contributed by atoms with Gasteiger partial charge in [-0.1, -0.05) is 102 Å². The van der Waals surface area contributed by atoms with Gasteiger partial charge >= 0.3 is 0 Å². The number of rotatable bonds is 13. The van der Waals surface area contributed by atoms with Crippen molar-refractivity contribution in [1.29, 1.82) is 0 Å². The van der Waals surface area contributed by atoms with E-state index in [1.807, 2.05) is 44.2 Å². The van der Waals surface area contributed by atoms with Crippen LogP contribution in [0.15, 0.2) is 102 Å². The van der Waals surface area contributed by atoms with E-state index in [1.54, 1.807) is 61.5 Å². The second kappa shape index (κ2) is 15.8. The maximum absolute atomic E-state index is 14.6. The zero-order valence-corrected chi connectivity index (χ0v) is 28.9. The van der Waals surface area contributed by atoms with Crippen molar-refractivity contribution in [2.24, 2.45) is 0 Å². The molecule has 0 radical (unpaired) electrons. The topological polar surface area (TPSA) is 86.8 Å². The smallest absolute Gasteiger partial charge is 0.264 e. The molecule has 0 saturated heterocycles. The SMILES string of the molecule is CC[C@@H](C)NC(=O)[C@@H](Cc1ccccc1)N(Cc1ccc(Cl)c(Cl)c1)C(=O)CN(c1cccc(Cl)c1C)S(=O)(=O)c1ccccc1. The third-order valence-electron chi connectivity index (χ3n) is 7.73. The Bertz CT molecular complexity index is 1770. The molecule has 242 valence electrons. The molecule has 7 nitrogen and oxygen atoms in total. The van der Waals surface area contributed by atoms with Crippen LogP contribution in [0.3, 0.4) is 0 Å². The Kier molecular flexibility index (Phi) is 12.1. The van der Waals surface area contributed by atoms with Crippen LogP contribution < -0.4 is 9.62 Å². The van der Waals surface area contributed by atoms with Crippen LogP contribution in [-0.2, 0) is 32.6 Å². The van der Waals surface area contributed by atoms with Crippen molar-refractivity contribution >= 4 is 62.3 Å². The minimum Gasteiger partial charge on any atom is -0.352 e. The molecule has 0 aliphatic carbocycles. The van der Waals surface area contributed by atoms with Crippen molar-refractivity contribution in [2.45, 2.75) is 57.1 Å². The highest BCUT2D eigenvalue weighted by atomic mass is 35.5. The van der Waals surface area contributed by atoms with Crippen LogP contribution in [-0.4, -0.2) is 43.8 Å². The highest BCUT2D eigenvalue weighted by Gasteiger charge is 2.35. The van der Waals surface area contributed by atoms with Gasteiger partial charge in [-0.2, -0.15) is 0 Å². The van der Waals surface area contributed by atoms with Gasteiger partial charge in [-0.05, 0) is 73.4 Å². The molecule has 0 fully saturated rings. The maximum atomic E-state index is 14.6. The first-order valence-electron chi connectivity index (χ1n) is 14.8. The fraction of sp³-hybridized carbons (Fsp3) is 0.257. The van der Waals surface area contributed by atoms with E-state index in [0.717, 1.165) is 9.87 Å². The van der Waals surface area contributed by atoms with Crippen LogP contribution in [0, 0.1) is 6.92 Å². The van der Waals surface area contributed by atoms with Crippen LogP contribution in [0.25, 0.3) is 0 Å². The summed E-state index contributed by atoms with van der Waals surface area (Å²) in [5, 5.41) is 4.00. The first-order chi connectivity index (χ1) is 21.9. The minimum absolute atomic E-state index is 0.00792. The fourth-order valence-electron chi connectivity index (χ4n) is 4.93. The third-order valence-corrected chi connectivity index (χ3v) is 10.6. The van der Waals surface area contributed by atoms with Crippen LogP contribution >= 0.6 is 34.8 Å². The van der Waals surface area contributed by atoms with Crippen molar-refractivity contribution in [1.82, 2.24) is 10.2 Å². The molecule has 0 aromatic heterocycles. The predicted octanol–water partition coefficient (Wildman–Crippen LogP) is 7.71. The van der Waals surface area contributed by atoms with E-state index in [2.05, 4.69) is 5.32 Å². The molecule has 2 amide bonds. The minimum atomic E-state index is -4.25. The summed E-state index contributed by atoms with van der Waals surface area (Å²) in [6.45, 7) is 4.91. The number of anilines is 1. The highest BCUT2D eigenvalue weighted by Crippen LogP contribution is 2.32. The van der Waals surface area contributed by atoms with Crippen molar-refractivity contribution in [3.05, 3.63) is 129 Å². The number of carbonyl (C=O) groups excluding carboxylic acids is 2. The third kappa shape index (κ3) is 8.62. The number of nitrogens with zero attached hydrogens (tertiary/aromatic N) is 2. The Hall–Kier alpha value is -3.56. The van der Waals surface area contributed by atoms with E-state index in [9.17, 15) is 18.0 Å². The summed E-state index contributed by atoms with van der Waals surface area (Å²) in [5.74, 6) is -0.951. The Balaban J connectivity index is 1.85. The summed E-state index contributed by atoms with van der Waals surface area (Å²) in [7, 11) is -4.25. The number of hydrogen-bond donors (Lipinski definition) is 1. The van der Waals surface area contributed by atoms with Crippen LogP contribution in [0.5, 0.6) is 0 Å². The lowest BCUT2D eigenvalue weighted by Gasteiger charge is -2.34. The molecule has 11 heteroatoms. The number of nitrogens with one attached hydrogen (secondary N) is 1. The Morgan fingerprint density at radius 2 is 1.46 bits per heavy atom. The molecule has 1 N–H and O–H groups in total. The standard InChI is InChI=1S/C35H36Cl3N3O4S/c1-4-24(2)39-35(43)33(21-26-12-7-5-8-13-26)40(22-27-18-19-30(37)31(38)20-27)34(42)23-41(32-17-11-16-29(36)25(32)3)46(44,45)28-14-9-6-10-15-28/h5-20,24,33H,4,21-23H2,1-3H3,(H,39,43)/t24-,33-/m1/s1. The first-order valence-corrected chi connectivity index (χ1v) is 17.4. The molecule has 0 unspecified atom stereocenters. The number of halogens is 3. The van der Waals surface area contributed by atoms with Crippen LogP contribution in [0.2, 0.25) is 15.1 Å². The van der Waals surface area contributed by atoms with Gasteiger partial charge in [0.1, 0.15) is 12.6 Å². The Morgan fingerprint density at radius 3 is 2.09 bits per heavy atom. The average molecular weight is 701 g/mol. The van der Waals surface area contributed by atoms with E-state index >= 15 is 0 Å². The van der Waals surface area contributed by atoms with Gasteiger partial charge in [-0.3, -0.25) is 13.9 Å². The second-order valence-electron chi connectivity index (χ2n) is 11.0. The number of amides is 2. The summed E-state index contributed by atoms with van der Waals surface area (Å²) in [6.07, 6.45) is 0.874. The van der Waals surface area contributed by atoms with Gasteiger partial charge in [0, 0.05) is 24.0 Å². The lowest BCUT2D eigenvalue weighted by molar-refractivity contribution is -0.140. The van der Waals surface area contributed by atoms with Crippen molar-refractivity contribution in [3.8, 4) is 0 Å². The van der Waals surface area contributed by atoms with Crippen molar-refractivity contribution in [2.75, 3.05) is 10.8 Å². The second-order valence-corrected chi connectivity index (χ2v) is 14.1. The fourth-order valence-corrected chi connectivity index (χ4v) is 6.91. The van der Waals surface area contributed by atoms with E-state index in [-0.39, 0.29) is 40.5 Å². The molecule has 46 heavy (non-hydrogen) atoms. The Morgan fingerprint density at radius 1 is 0.804 bits per heavy atom. The molecular formula is C35H36Cl3N3O4S. The normalized spacial score (nSPS) is 12.7. The first kappa shape index (κ1) is 35.3. The molecule has 0 aliphatic heterocycles. The van der Waals surface area contributed by atoms with Crippen LogP contribution in [0.4, 0.5) is 5.69 Å². The van der Waals surface area contributed by atoms with Crippen molar-refractivity contribution in [3.63, 3.8) is 0 Å². The maximum Gasteiger partial charge on any atom is 0.264 e. The number of benzene rings is 4. The molecule has 0 heterocycles. The Labute approximate surface area is 286 Å². The summed E-state index contributed by atoms with van der Waals surface area (Å²) in [4.78, 5) is 30.0. The highest BCUT2D eigenvalue weighted by molar-refractivity contribution is 7.92. The molecule has 4 aromatic rings. The van der Waals surface area contributed by atoms with Gasteiger partial charge in [0.25, 0.3) is 10.0 Å². The predicted molar refractivity (Wildman–Crippen MR) is 186 cm³/mol. The van der Waals surface area contributed by atoms with Crippen LogP contribution in [0.1, 0.15) is 37.0 Å². The largest absolute Gasteiger partial charge is 0.352 e. The van der Waals surface area contributed by atoms with Gasteiger partial charge < -0.3 is 10.2 Å². The average Bonchev–Trinajstić information content (AvgIpc) is 3.05. The lowest BCUT2D eigenvalue weighted by atomic mass is 10.0. The van der Waals surface area contributed by atoms with Gasteiger partial charge in [-0.15, -0.1) is 0 Å². The van der Waals surface area contributed by atoms with Gasteiger partial charge in [0.15, 0.2) is 0 Å². The van der Waals surface area contributed by atoms with Crippen molar-refractivity contribution < 1.29 is 18.0 Å². The summed E-state index contributed by atoms with van der Waals surface area (Å²) in [6, 6.07) is 26.0. The molecule has 2 atom stereocenters. The quantitative estimate of drug-likeness (QED) is 0.155. The summed E-state index contributed by atoms with van der Waals surface area (Å²) < 4.78 is 29.4. The molecule has 0 saturated carbocycles. The van der Waals surface area contributed by atoms with Gasteiger partial charge in [-0.25, -0.2) is 8.42 Å². The van der Waals surface area contributed by atoms with E-state index in [0.29, 0.717) is 27.6 Å². The summed E-state index contributed by atoms with van der Waals surface area (Å²) >= 11 is 19.0. The zero-order chi connectivity index (χ0) is 33.4. The number of sulfonamides is 1. The van der Waals surface area contributed by atoms with E-state index in [1.165, 1.54) is 17.0 Å². The number of carbonyl (C=O) groups is 2. The molecule has 0 aliphatic rings. The van der Waals surface area contributed by atoms with E-state index in [4.69, 9.17) is 34.8 Å².